The Balaban J connectivity index is 1.83. The maximum absolute atomic E-state index is 5.46. The molecule has 0 bridgehead atoms. The molecule has 1 aromatic heterocycles. The third-order valence-electron chi connectivity index (χ3n) is 4.39. The van der Waals surface area contributed by atoms with Crippen molar-refractivity contribution >= 4 is 0 Å². The van der Waals surface area contributed by atoms with Gasteiger partial charge >= 0.3 is 0 Å². The normalized spacial score (nSPS) is 16.9. The third-order valence-corrected chi connectivity index (χ3v) is 4.39. The lowest BCUT2D eigenvalue weighted by molar-refractivity contribution is -0.0118. The topological polar surface area (TPSA) is 25.4 Å². The molecule has 0 N–H and O–H groups in total. The van der Waals surface area contributed by atoms with E-state index in [0.717, 1.165) is 31.9 Å². The molecule has 0 spiro atoms. The zero-order valence-corrected chi connectivity index (χ0v) is 12.7. The van der Waals surface area contributed by atoms with E-state index in [1.54, 1.807) is 6.20 Å². The number of aromatic nitrogens is 1. The van der Waals surface area contributed by atoms with E-state index in [4.69, 9.17) is 4.74 Å². The van der Waals surface area contributed by atoms with E-state index in [9.17, 15) is 0 Å². The van der Waals surface area contributed by atoms with E-state index in [0.29, 0.717) is 0 Å². The van der Waals surface area contributed by atoms with Gasteiger partial charge in [0, 0.05) is 31.0 Å². The lowest BCUT2D eigenvalue weighted by atomic mass is 9.90. The van der Waals surface area contributed by atoms with Gasteiger partial charge in [0.15, 0.2) is 0 Å². The lowest BCUT2D eigenvalue weighted by Crippen LogP contribution is -2.47. The Labute approximate surface area is 126 Å². The Kier molecular flexibility index (Phi) is 4.04. The van der Waals surface area contributed by atoms with Crippen molar-refractivity contribution in [2.45, 2.75) is 19.4 Å². The zero-order valence-electron chi connectivity index (χ0n) is 12.7. The number of pyridine rings is 1. The summed E-state index contributed by atoms with van der Waals surface area (Å²) < 4.78 is 5.46. The molecule has 1 fully saturated rings. The van der Waals surface area contributed by atoms with Gasteiger partial charge in [-0.05, 0) is 36.6 Å². The highest BCUT2D eigenvalue weighted by atomic mass is 16.5. The van der Waals surface area contributed by atoms with Crippen molar-refractivity contribution in [1.29, 1.82) is 0 Å². The van der Waals surface area contributed by atoms with Crippen molar-refractivity contribution in [3.05, 3.63) is 54.4 Å². The number of benzene rings is 1. The Hall–Kier alpha value is -1.71. The Bertz CT molecular complexity index is 572. The van der Waals surface area contributed by atoms with Gasteiger partial charge < -0.3 is 4.74 Å². The zero-order chi connectivity index (χ0) is 14.7. The molecule has 0 amide bonds. The van der Waals surface area contributed by atoms with E-state index >= 15 is 0 Å². The summed E-state index contributed by atoms with van der Waals surface area (Å²) >= 11 is 0. The van der Waals surface area contributed by atoms with Crippen LogP contribution in [-0.2, 0) is 10.3 Å². The molecule has 110 valence electrons. The lowest BCUT2D eigenvalue weighted by Gasteiger charge is -2.41. The number of hydrogen-bond donors (Lipinski definition) is 0. The van der Waals surface area contributed by atoms with Crippen molar-refractivity contribution in [1.82, 2.24) is 9.88 Å². The van der Waals surface area contributed by atoms with Gasteiger partial charge in [0.05, 0.1) is 13.2 Å². The quantitative estimate of drug-likeness (QED) is 0.863. The van der Waals surface area contributed by atoms with Crippen LogP contribution < -0.4 is 0 Å². The first-order valence-corrected chi connectivity index (χ1v) is 7.52. The van der Waals surface area contributed by atoms with E-state index in [1.165, 1.54) is 11.1 Å². The fourth-order valence-corrected chi connectivity index (χ4v) is 2.91. The van der Waals surface area contributed by atoms with Gasteiger partial charge in [-0.15, -0.1) is 0 Å². The highest BCUT2D eigenvalue weighted by Gasteiger charge is 2.29. The first-order chi connectivity index (χ1) is 10.2. The summed E-state index contributed by atoms with van der Waals surface area (Å²) in [5.41, 5.74) is 3.76. The predicted molar refractivity (Wildman–Crippen MR) is 85.1 cm³/mol. The van der Waals surface area contributed by atoms with Crippen molar-refractivity contribution in [2.75, 3.05) is 26.3 Å². The SMILES string of the molecule is CC(C)(c1ccc(-c2cccnc2)cc1)N1CCOCC1. The summed E-state index contributed by atoms with van der Waals surface area (Å²) in [6.07, 6.45) is 3.71. The molecule has 2 aromatic rings. The number of nitrogens with zero attached hydrogens (tertiary/aromatic N) is 2. The predicted octanol–water partition coefficient (Wildman–Crippen LogP) is 3.32. The molecule has 0 aliphatic carbocycles. The second-order valence-electron chi connectivity index (χ2n) is 5.98. The highest BCUT2D eigenvalue weighted by Crippen LogP contribution is 2.30. The van der Waals surface area contributed by atoms with Crippen LogP contribution in [0.3, 0.4) is 0 Å². The monoisotopic (exact) mass is 282 g/mol. The molecule has 0 atom stereocenters. The average molecular weight is 282 g/mol. The van der Waals surface area contributed by atoms with Crippen LogP contribution in [0.2, 0.25) is 0 Å². The van der Waals surface area contributed by atoms with Crippen LogP contribution in [0.15, 0.2) is 48.8 Å². The average Bonchev–Trinajstić information content (AvgIpc) is 2.57. The van der Waals surface area contributed by atoms with Crippen LogP contribution in [-0.4, -0.2) is 36.2 Å². The molecular formula is C18H22N2O. The van der Waals surface area contributed by atoms with Gasteiger partial charge in [-0.2, -0.15) is 0 Å². The second kappa shape index (κ2) is 5.96. The van der Waals surface area contributed by atoms with E-state index in [2.05, 4.69) is 54.1 Å². The van der Waals surface area contributed by atoms with Crippen LogP contribution in [0.25, 0.3) is 11.1 Å². The Morgan fingerprint density at radius 2 is 1.71 bits per heavy atom. The summed E-state index contributed by atoms with van der Waals surface area (Å²) in [5.74, 6) is 0. The number of ether oxygens (including phenoxy) is 1. The number of hydrogen-bond acceptors (Lipinski definition) is 3. The van der Waals surface area contributed by atoms with Crippen molar-refractivity contribution in [2.24, 2.45) is 0 Å². The van der Waals surface area contributed by atoms with E-state index in [1.807, 2.05) is 12.3 Å². The van der Waals surface area contributed by atoms with Crippen LogP contribution in [0, 0.1) is 0 Å². The third kappa shape index (κ3) is 2.99. The summed E-state index contributed by atoms with van der Waals surface area (Å²) in [7, 11) is 0. The summed E-state index contributed by atoms with van der Waals surface area (Å²) in [4.78, 5) is 6.68. The van der Waals surface area contributed by atoms with Crippen LogP contribution in [0.5, 0.6) is 0 Å². The molecule has 1 aromatic carbocycles. The molecule has 0 unspecified atom stereocenters. The minimum atomic E-state index is 0.0389. The van der Waals surface area contributed by atoms with Crippen LogP contribution in [0.4, 0.5) is 0 Å². The molecule has 3 heteroatoms. The maximum atomic E-state index is 5.46. The molecule has 21 heavy (non-hydrogen) atoms. The standard InChI is InChI=1S/C18H22N2O/c1-18(2,20-10-12-21-13-11-20)17-7-5-15(6-8-17)16-4-3-9-19-14-16/h3-9,14H,10-13H2,1-2H3. The molecule has 1 aliphatic heterocycles. The van der Waals surface area contributed by atoms with Crippen molar-refractivity contribution in [3.63, 3.8) is 0 Å². The van der Waals surface area contributed by atoms with Gasteiger partial charge in [0.2, 0.25) is 0 Å². The smallest absolute Gasteiger partial charge is 0.0594 e. The summed E-state index contributed by atoms with van der Waals surface area (Å²) in [6.45, 7) is 8.23. The van der Waals surface area contributed by atoms with Gasteiger partial charge in [-0.1, -0.05) is 30.3 Å². The molecular weight excluding hydrogens is 260 g/mol. The molecule has 1 saturated heterocycles. The van der Waals surface area contributed by atoms with Crippen molar-refractivity contribution in [3.8, 4) is 11.1 Å². The summed E-state index contributed by atoms with van der Waals surface area (Å²) in [6, 6.07) is 12.9. The van der Waals surface area contributed by atoms with Gasteiger partial charge in [-0.3, -0.25) is 9.88 Å². The fourth-order valence-electron chi connectivity index (χ4n) is 2.91. The maximum Gasteiger partial charge on any atom is 0.0594 e. The molecule has 2 heterocycles. The number of rotatable bonds is 3. The first kappa shape index (κ1) is 14.2. The van der Waals surface area contributed by atoms with Gasteiger partial charge in [0.1, 0.15) is 0 Å². The van der Waals surface area contributed by atoms with Gasteiger partial charge in [0.25, 0.3) is 0 Å². The first-order valence-electron chi connectivity index (χ1n) is 7.52. The molecule has 3 rings (SSSR count). The van der Waals surface area contributed by atoms with Crippen molar-refractivity contribution < 1.29 is 4.74 Å². The van der Waals surface area contributed by atoms with Crippen LogP contribution in [0.1, 0.15) is 19.4 Å². The fraction of sp³-hybridized carbons (Fsp3) is 0.389. The Morgan fingerprint density at radius 3 is 2.33 bits per heavy atom. The molecule has 3 nitrogen and oxygen atoms in total. The van der Waals surface area contributed by atoms with Crippen LogP contribution >= 0.6 is 0 Å². The van der Waals surface area contributed by atoms with E-state index < -0.39 is 0 Å². The number of morpholine rings is 1. The minimum Gasteiger partial charge on any atom is -0.379 e. The summed E-state index contributed by atoms with van der Waals surface area (Å²) in [5, 5.41) is 0. The van der Waals surface area contributed by atoms with Gasteiger partial charge in [-0.25, -0.2) is 0 Å². The second-order valence-corrected chi connectivity index (χ2v) is 5.98. The largest absolute Gasteiger partial charge is 0.379 e. The Morgan fingerprint density at radius 1 is 1.00 bits per heavy atom. The minimum absolute atomic E-state index is 0.0389. The van der Waals surface area contributed by atoms with E-state index in [-0.39, 0.29) is 5.54 Å². The molecule has 1 aliphatic rings. The highest BCUT2D eigenvalue weighted by molar-refractivity contribution is 5.62. The molecule has 0 saturated carbocycles. The molecule has 0 radical (unpaired) electrons.